The summed E-state index contributed by atoms with van der Waals surface area (Å²) in [4.78, 5) is 62.1. The van der Waals surface area contributed by atoms with E-state index in [2.05, 4.69) is 18.5 Å². The molecule has 18 nitrogen and oxygen atoms in total. The predicted octanol–water partition coefficient (Wildman–Crippen LogP) is -1.45. The summed E-state index contributed by atoms with van der Waals surface area (Å²) in [6.45, 7) is 3.14. The van der Waals surface area contributed by atoms with E-state index in [1.54, 1.807) is 0 Å². The molecule has 1 aliphatic heterocycles. The van der Waals surface area contributed by atoms with Crippen molar-refractivity contribution in [3.05, 3.63) is 44.2 Å². The molecule has 36 heavy (non-hydrogen) atoms. The van der Waals surface area contributed by atoms with E-state index >= 15 is 0 Å². The summed E-state index contributed by atoms with van der Waals surface area (Å²) in [6, 6.07) is 0. The van der Waals surface area contributed by atoms with Crippen molar-refractivity contribution in [1.29, 1.82) is 0 Å². The fourth-order valence-corrected chi connectivity index (χ4v) is 5.92. The lowest BCUT2D eigenvalue weighted by atomic mass is 10.1. The fraction of sp³-hybridized carbons (Fsp3) is 0.600. The van der Waals surface area contributed by atoms with Crippen molar-refractivity contribution in [3.63, 3.8) is 0 Å². The summed E-state index contributed by atoms with van der Waals surface area (Å²) in [6.07, 6.45) is -3.87. The van der Waals surface area contributed by atoms with Crippen LogP contribution >= 0.6 is 23.5 Å². The monoisotopic (exact) mass is 581 g/mol. The van der Waals surface area contributed by atoms with Gasteiger partial charge in [0.25, 0.3) is 5.56 Å². The standard InChI is InChI=1S/C15H26N3O15P3/c1-8(2)3-4-16-5-9-6-18(15(22)17-13(9)21)14-12(20)11(19)10(31-14)7-30-35(26,27)33-36(28,29)32-34(23,24)25/h3,6,10-12,14,16,19-20H,4-5,7H2,1-2H3,(H,26,27)(H,28,29)(H,17,21,22)(H2,23,24,25)/t10-,11?,12+,14-/m1/s1. The Kier molecular flexibility index (Phi) is 10.3. The Morgan fingerprint density at radius 1 is 1.11 bits per heavy atom. The van der Waals surface area contributed by atoms with Crippen LogP contribution in [0.3, 0.4) is 0 Å². The maximum absolute atomic E-state index is 12.3. The lowest BCUT2D eigenvalue weighted by molar-refractivity contribution is -0.0543. The number of nitrogens with zero attached hydrogens (tertiary/aromatic N) is 1. The van der Waals surface area contributed by atoms with Gasteiger partial charge in [-0.25, -0.2) is 18.5 Å². The number of rotatable bonds is 12. The van der Waals surface area contributed by atoms with Gasteiger partial charge in [0.2, 0.25) is 0 Å². The molecule has 0 saturated carbocycles. The van der Waals surface area contributed by atoms with Gasteiger partial charge in [-0.15, -0.1) is 0 Å². The molecule has 2 heterocycles. The molecule has 0 aromatic carbocycles. The van der Waals surface area contributed by atoms with Crippen LogP contribution in [0.15, 0.2) is 27.4 Å². The zero-order valence-corrected chi connectivity index (χ0v) is 21.4. The molecule has 8 N–H and O–H groups in total. The van der Waals surface area contributed by atoms with E-state index in [0.717, 1.165) is 16.3 Å². The summed E-state index contributed by atoms with van der Waals surface area (Å²) >= 11 is 0. The average molecular weight is 581 g/mol. The number of H-pyrrole nitrogens is 1. The molecule has 2 rings (SSSR count). The average Bonchev–Trinajstić information content (AvgIpc) is 2.96. The Hall–Kier alpha value is -1.33. The van der Waals surface area contributed by atoms with Gasteiger partial charge < -0.3 is 39.8 Å². The highest BCUT2D eigenvalue weighted by Gasteiger charge is 2.46. The van der Waals surface area contributed by atoms with Crippen LogP contribution in [0.4, 0.5) is 0 Å². The molecule has 0 spiro atoms. The number of aliphatic hydroxyl groups is 2. The molecule has 6 atom stereocenters. The van der Waals surface area contributed by atoms with E-state index in [-0.39, 0.29) is 12.1 Å². The summed E-state index contributed by atoms with van der Waals surface area (Å²) in [5.74, 6) is 0. The summed E-state index contributed by atoms with van der Waals surface area (Å²) in [5, 5.41) is 23.5. The molecule has 1 aromatic heterocycles. The van der Waals surface area contributed by atoms with Gasteiger partial charge in [-0.05, 0) is 13.8 Å². The van der Waals surface area contributed by atoms with Gasteiger partial charge in [0.15, 0.2) is 6.23 Å². The van der Waals surface area contributed by atoms with E-state index in [9.17, 15) is 38.4 Å². The number of hydrogen-bond acceptors (Lipinski definition) is 12. The molecule has 0 aliphatic carbocycles. The van der Waals surface area contributed by atoms with Crippen molar-refractivity contribution < 1.29 is 61.4 Å². The highest BCUT2D eigenvalue weighted by atomic mass is 31.3. The van der Waals surface area contributed by atoms with Gasteiger partial charge in [0, 0.05) is 24.8 Å². The number of ether oxygens (including phenoxy) is 1. The molecule has 0 bridgehead atoms. The van der Waals surface area contributed by atoms with Crippen molar-refractivity contribution in [2.24, 2.45) is 0 Å². The van der Waals surface area contributed by atoms with Crippen LogP contribution in [0, 0.1) is 0 Å². The third-order valence-electron chi connectivity index (χ3n) is 4.44. The van der Waals surface area contributed by atoms with E-state index in [1.807, 2.05) is 24.9 Å². The van der Waals surface area contributed by atoms with Crippen molar-refractivity contribution in [3.8, 4) is 0 Å². The van der Waals surface area contributed by atoms with Crippen molar-refractivity contribution >= 4 is 23.5 Å². The van der Waals surface area contributed by atoms with Gasteiger partial charge in [-0.3, -0.25) is 18.9 Å². The molecule has 206 valence electrons. The largest absolute Gasteiger partial charge is 0.490 e. The number of aliphatic hydroxyl groups excluding tert-OH is 2. The second kappa shape index (κ2) is 12.0. The maximum Gasteiger partial charge on any atom is 0.490 e. The normalized spacial score (nSPS) is 25.8. The first kappa shape index (κ1) is 30.9. The minimum absolute atomic E-state index is 0.0280. The van der Waals surface area contributed by atoms with Crippen molar-refractivity contribution in [1.82, 2.24) is 14.9 Å². The first-order chi connectivity index (χ1) is 16.4. The summed E-state index contributed by atoms with van der Waals surface area (Å²) < 4.78 is 51.5. The zero-order valence-electron chi connectivity index (χ0n) is 18.7. The van der Waals surface area contributed by atoms with Crippen molar-refractivity contribution in [2.75, 3.05) is 13.2 Å². The quantitative estimate of drug-likeness (QED) is 0.0796. The van der Waals surface area contributed by atoms with Crippen LogP contribution in [0.5, 0.6) is 0 Å². The van der Waals surface area contributed by atoms with Gasteiger partial charge in [-0.2, -0.15) is 8.62 Å². The van der Waals surface area contributed by atoms with Gasteiger partial charge >= 0.3 is 29.2 Å². The summed E-state index contributed by atoms with van der Waals surface area (Å²) in [5.41, 5.74) is -0.602. The van der Waals surface area contributed by atoms with E-state index in [1.165, 1.54) is 0 Å². The minimum Gasteiger partial charge on any atom is -0.387 e. The highest BCUT2D eigenvalue weighted by Crippen LogP contribution is 2.66. The Morgan fingerprint density at radius 2 is 1.75 bits per heavy atom. The Labute approximate surface area is 202 Å². The van der Waals surface area contributed by atoms with Crippen LogP contribution in [0.1, 0.15) is 25.6 Å². The van der Waals surface area contributed by atoms with Gasteiger partial charge in [-0.1, -0.05) is 11.6 Å². The van der Waals surface area contributed by atoms with E-state index in [0.29, 0.717) is 6.54 Å². The molecule has 1 fully saturated rings. The molecule has 1 saturated heterocycles. The van der Waals surface area contributed by atoms with Gasteiger partial charge in [0.05, 0.1) is 6.61 Å². The number of aromatic nitrogens is 2. The van der Waals surface area contributed by atoms with Crippen LogP contribution in [0.2, 0.25) is 0 Å². The SMILES string of the molecule is CC(C)=CCNCc1cn([C@@H]2O[C@H](COP(=O)(O)OP(=O)(O)OP(=O)(O)O)C(O)[C@@H]2O)c(=O)[nH]c1=O. The van der Waals surface area contributed by atoms with Crippen molar-refractivity contribution in [2.45, 2.75) is 44.9 Å². The Balaban J connectivity index is 2.12. The fourth-order valence-electron chi connectivity index (χ4n) is 2.89. The number of allylic oxidation sites excluding steroid dienone is 1. The molecule has 21 heteroatoms. The molecular weight excluding hydrogens is 555 g/mol. The van der Waals surface area contributed by atoms with Crippen LogP contribution < -0.4 is 16.6 Å². The summed E-state index contributed by atoms with van der Waals surface area (Å²) in [7, 11) is -16.9. The maximum atomic E-state index is 12.3. The number of hydrogen-bond donors (Lipinski definition) is 8. The lowest BCUT2D eigenvalue weighted by Gasteiger charge is -2.19. The molecule has 0 amide bonds. The first-order valence-corrected chi connectivity index (χ1v) is 14.4. The molecular formula is C15H26N3O15P3. The minimum atomic E-state index is -5.76. The predicted molar refractivity (Wildman–Crippen MR) is 118 cm³/mol. The number of phosphoric acid groups is 3. The lowest BCUT2D eigenvalue weighted by Crippen LogP contribution is -2.39. The van der Waals surface area contributed by atoms with Crippen LogP contribution in [0.25, 0.3) is 0 Å². The molecule has 3 unspecified atom stereocenters. The second-order valence-corrected chi connectivity index (χ2v) is 12.1. The van der Waals surface area contributed by atoms with Crippen LogP contribution in [-0.2, 0) is 38.1 Å². The second-order valence-electron chi connectivity index (χ2n) is 7.67. The van der Waals surface area contributed by atoms with Crippen LogP contribution in [-0.4, -0.2) is 70.8 Å². The number of nitrogens with one attached hydrogen (secondary N) is 2. The zero-order chi connectivity index (χ0) is 27.5. The molecule has 1 aliphatic rings. The van der Waals surface area contributed by atoms with E-state index in [4.69, 9.17) is 19.4 Å². The Bertz CT molecular complexity index is 1220. The highest BCUT2D eigenvalue weighted by molar-refractivity contribution is 7.66. The Morgan fingerprint density at radius 3 is 2.33 bits per heavy atom. The third kappa shape index (κ3) is 9.20. The smallest absolute Gasteiger partial charge is 0.387 e. The van der Waals surface area contributed by atoms with E-state index < -0.39 is 65.9 Å². The topological polar surface area (TPSA) is 276 Å². The van der Waals surface area contributed by atoms with Gasteiger partial charge in [0.1, 0.15) is 18.3 Å². The number of aromatic amines is 1. The third-order valence-corrected chi connectivity index (χ3v) is 8.24. The molecule has 0 radical (unpaired) electrons. The first-order valence-electron chi connectivity index (χ1n) is 9.89. The number of phosphoric ester groups is 1. The molecule has 1 aromatic rings.